The van der Waals surface area contributed by atoms with E-state index < -0.39 is 0 Å². The minimum absolute atomic E-state index is 0.160. The number of benzene rings is 1. The summed E-state index contributed by atoms with van der Waals surface area (Å²) >= 11 is 0. The van der Waals surface area contributed by atoms with Gasteiger partial charge in [0.1, 0.15) is 5.82 Å². The molecule has 3 saturated heterocycles. The number of piperidine rings is 2. The van der Waals surface area contributed by atoms with Crippen LogP contribution in [-0.4, -0.2) is 49.7 Å². The largest absolute Gasteiger partial charge is 0.381 e. The summed E-state index contributed by atoms with van der Waals surface area (Å²) in [5, 5.41) is 0. The standard InChI is InChI=1S/C19H25FN2O2/c20-16-3-1-2-4-17(16)21-10-6-15(7-11-21)22-13-19(8-5-18(22)23)9-12-24-14-19/h1-4,15H,5-14H2/t19-/m0/s1. The lowest BCUT2D eigenvalue weighted by molar-refractivity contribution is -0.141. The van der Waals surface area contributed by atoms with Gasteiger partial charge >= 0.3 is 0 Å². The molecule has 3 heterocycles. The van der Waals surface area contributed by atoms with Crippen molar-refractivity contribution in [1.29, 1.82) is 0 Å². The highest BCUT2D eigenvalue weighted by atomic mass is 19.1. The van der Waals surface area contributed by atoms with E-state index in [-0.39, 0.29) is 17.1 Å². The van der Waals surface area contributed by atoms with Crippen molar-refractivity contribution in [2.24, 2.45) is 5.41 Å². The predicted molar refractivity (Wildman–Crippen MR) is 90.5 cm³/mol. The van der Waals surface area contributed by atoms with Crippen molar-refractivity contribution < 1.29 is 13.9 Å². The highest BCUT2D eigenvalue weighted by Crippen LogP contribution is 2.39. The molecule has 3 fully saturated rings. The lowest BCUT2D eigenvalue weighted by atomic mass is 9.78. The predicted octanol–water partition coefficient (Wildman–Crippen LogP) is 2.82. The molecule has 1 spiro atoms. The summed E-state index contributed by atoms with van der Waals surface area (Å²) in [7, 11) is 0. The van der Waals surface area contributed by atoms with E-state index in [4.69, 9.17) is 4.74 Å². The van der Waals surface area contributed by atoms with Crippen LogP contribution in [0, 0.1) is 11.2 Å². The van der Waals surface area contributed by atoms with E-state index in [9.17, 15) is 9.18 Å². The van der Waals surface area contributed by atoms with E-state index in [1.165, 1.54) is 6.07 Å². The van der Waals surface area contributed by atoms with Crippen LogP contribution in [0.5, 0.6) is 0 Å². The van der Waals surface area contributed by atoms with Gasteiger partial charge in [0.2, 0.25) is 5.91 Å². The molecule has 0 aliphatic carbocycles. The number of carbonyl (C=O) groups excluding carboxylic acids is 1. The van der Waals surface area contributed by atoms with Crippen molar-refractivity contribution >= 4 is 11.6 Å². The van der Waals surface area contributed by atoms with Crippen LogP contribution in [0.3, 0.4) is 0 Å². The number of anilines is 1. The van der Waals surface area contributed by atoms with Gasteiger partial charge in [0, 0.05) is 44.1 Å². The van der Waals surface area contributed by atoms with Gasteiger partial charge in [-0.3, -0.25) is 4.79 Å². The molecule has 0 aromatic heterocycles. The van der Waals surface area contributed by atoms with Crippen molar-refractivity contribution in [3.63, 3.8) is 0 Å². The van der Waals surface area contributed by atoms with Gasteiger partial charge in [0.25, 0.3) is 0 Å². The second-order valence-electron chi connectivity index (χ2n) is 7.49. The molecule has 4 nitrogen and oxygen atoms in total. The van der Waals surface area contributed by atoms with Crippen LogP contribution in [0.15, 0.2) is 24.3 Å². The molecule has 4 rings (SSSR count). The zero-order valence-corrected chi connectivity index (χ0v) is 14.0. The molecule has 1 amide bonds. The van der Waals surface area contributed by atoms with Crippen molar-refractivity contribution in [2.45, 2.75) is 38.1 Å². The van der Waals surface area contributed by atoms with E-state index in [0.717, 1.165) is 58.5 Å². The van der Waals surface area contributed by atoms with Gasteiger partial charge in [-0.2, -0.15) is 0 Å². The first-order valence-electron chi connectivity index (χ1n) is 9.04. The lowest BCUT2D eigenvalue weighted by Crippen LogP contribution is -2.54. The van der Waals surface area contributed by atoms with Crippen LogP contribution in [0.2, 0.25) is 0 Å². The number of halogens is 1. The van der Waals surface area contributed by atoms with E-state index in [0.29, 0.717) is 18.2 Å². The molecule has 3 aliphatic rings. The molecule has 1 aromatic rings. The van der Waals surface area contributed by atoms with E-state index in [1.807, 2.05) is 12.1 Å². The Balaban J connectivity index is 1.41. The highest BCUT2D eigenvalue weighted by Gasteiger charge is 2.43. The number of nitrogens with zero attached hydrogens (tertiary/aromatic N) is 2. The Hall–Kier alpha value is -1.62. The Kier molecular flexibility index (Phi) is 4.21. The smallest absolute Gasteiger partial charge is 0.222 e. The van der Waals surface area contributed by atoms with E-state index >= 15 is 0 Å². The molecule has 5 heteroatoms. The number of para-hydroxylation sites is 1. The summed E-state index contributed by atoms with van der Waals surface area (Å²) in [5.74, 6) is 0.129. The maximum atomic E-state index is 14.0. The molecule has 1 aromatic carbocycles. The van der Waals surface area contributed by atoms with Crippen LogP contribution in [-0.2, 0) is 9.53 Å². The molecule has 130 valence electrons. The molecule has 0 bridgehead atoms. The summed E-state index contributed by atoms with van der Waals surface area (Å²) in [6.07, 6.45) is 4.52. The summed E-state index contributed by atoms with van der Waals surface area (Å²) in [6.45, 7) is 4.08. The van der Waals surface area contributed by atoms with Gasteiger partial charge in [-0.25, -0.2) is 4.39 Å². The Bertz CT molecular complexity index is 607. The van der Waals surface area contributed by atoms with Gasteiger partial charge in [-0.15, -0.1) is 0 Å². The van der Waals surface area contributed by atoms with Crippen molar-refractivity contribution in [2.75, 3.05) is 37.7 Å². The second kappa shape index (κ2) is 6.36. The van der Waals surface area contributed by atoms with Gasteiger partial charge in [-0.1, -0.05) is 12.1 Å². The fourth-order valence-electron chi connectivity index (χ4n) is 4.48. The molecule has 1 atom stereocenters. The summed E-state index contributed by atoms with van der Waals surface area (Å²) in [5.41, 5.74) is 0.873. The van der Waals surface area contributed by atoms with Crippen LogP contribution >= 0.6 is 0 Å². The second-order valence-corrected chi connectivity index (χ2v) is 7.49. The number of hydrogen-bond donors (Lipinski definition) is 0. The SMILES string of the molecule is O=C1CC[C@]2(CCOC2)CN1C1CCN(c2ccccc2F)CC1. The molecular weight excluding hydrogens is 307 g/mol. The minimum Gasteiger partial charge on any atom is -0.381 e. The van der Waals surface area contributed by atoms with Crippen LogP contribution < -0.4 is 4.90 Å². The zero-order chi connectivity index (χ0) is 16.6. The third-order valence-corrected chi connectivity index (χ3v) is 5.98. The fourth-order valence-corrected chi connectivity index (χ4v) is 4.48. The topological polar surface area (TPSA) is 32.8 Å². The number of rotatable bonds is 2. The average molecular weight is 332 g/mol. The first kappa shape index (κ1) is 15.9. The molecular formula is C19H25FN2O2. The van der Waals surface area contributed by atoms with Crippen LogP contribution in [0.4, 0.5) is 10.1 Å². The first-order valence-corrected chi connectivity index (χ1v) is 9.04. The Morgan fingerprint density at radius 2 is 1.96 bits per heavy atom. The molecule has 0 N–H and O–H groups in total. The maximum Gasteiger partial charge on any atom is 0.222 e. The quantitative estimate of drug-likeness (QED) is 0.835. The van der Waals surface area contributed by atoms with E-state index in [1.54, 1.807) is 6.07 Å². The number of carbonyl (C=O) groups is 1. The number of hydrogen-bond acceptors (Lipinski definition) is 3. The monoisotopic (exact) mass is 332 g/mol. The van der Waals surface area contributed by atoms with Crippen molar-refractivity contribution in [1.82, 2.24) is 4.90 Å². The molecule has 0 unspecified atom stereocenters. The zero-order valence-electron chi connectivity index (χ0n) is 14.0. The third-order valence-electron chi connectivity index (χ3n) is 5.98. The lowest BCUT2D eigenvalue weighted by Gasteiger charge is -2.46. The Labute approximate surface area is 142 Å². The highest BCUT2D eigenvalue weighted by molar-refractivity contribution is 5.77. The van der Waals surface area contributed by atoms with Gasteiger partial charge < -0.3 is 14.5 Å². The van der Waals surface area contributed by atoms with Gasteiger partial charge in [0.05, 0.1) is 12.3 Å². The molecule has 24 heavy (non-hydrogen) atoms. The molecule has 0 radical (unpaired) electrons. The van der Waals surface area contributed by atoms with Crippen LogP contribution in [0.25, 0.3) is 0 Å². The minimum atomic E-state index is -0.160. The summed E-state index contributed by atoms with van der Waals surface area (Å²) in [6, 6.07) is 7.24. The summed E-state index contributed by atoms with van der Waals surface area (Å²) in [4.78, 5) is 16.7. The summed E-state index contributed by atoms with van der Waals surface area (Å²) < 4.78 is 19.6. The van der Waals surface area contributed by atoms with Crippen molar-refractivity contribution in [3.05, 3.63) is 30.1 Å². The van der Waals surface area contributed by atoms with Crippen LogP contribution in [0.1, 0.15) is 32.1 Å². The van der Waals surface area contributed by atoms with Gasteiger partial charge in [-0.05, 0) is 37.8 Å². The van der Waals surface area contributed by atoms with E-state index in [2.05, 4.69) is 9.80 Å². The average Bonchev–Trinajstić information content (AvgIpc) is 3.06. The Morgan fingerprint density at radius 3 is 2.67 bits per heavy atom. The van der Waals surface area contributed by atoms with Crippen molar-refractivity contribution in [3.8, 4) is 0 Å². The normalized spacial score (nSPS) is 28.8. The molecule has 0 saturated carbocycles. The number of likely N-dealkylation sites (tertiary alicyclic amines) is 1. The fraction of sp³-hybridized carbons (Fsp3) is 0.632. The Morgan fingerprint density at radius 1 is 1.17 bits per heavy atom. The molecule has 3 aliphatic heterocycles. The number of amides is 1. The van der Waals surface area contributed by atoms with Gasteiger partial charge in [0.15, 0.2) is 0 Å². The first-order chi connectivity index (χ1) is 11.7. The third kappa shape index (κ3) is 2.90. The maximum absolute atomic E-state index is 14.0. The number of ether oxygens (including phenoxy) is 1.